The van der Waals surface area contributed by atoms with Crippen molar-refractivity contribution >= 4 is 33.8 Å². The maximum absolute atomic E-state index is 15.4. The summed E-state index contributed by atoms with van der Waals surface area (Å²) >= 11 is 0. The largest absolute Gasteiger partial charge is 0.378 e. The van der Waals surface area contributed by atoms with Crippen LogP contribution < -0.4 is 26.4 Å². The smallest absolute Gasteiger partial charge is 0.287 e. The van der Waals surface area contributed by atoms with Gasteiger partial charge in [0.25, 0.3) is 0 Å². The van der Waals surface area contributed by atoms with Gasteiger partial charge in [-0.1, -0.05) is 30.3 Å². The highest BCUT2D eigenvalue weighted by Crippen LogP contribution is 2.30. The third-order valence-electron chi connectivity index (χ3n) is 8.90. The second-order valence-corrected chi connectivity index (χ2v) is 12.1. The summed E-state index contributed by atoms with van der Waals surface area (Å²) in [6.07, 6.45) is -3.25. The second-order valence-electron chi connectivity index (χ2n) is 12.1. The first-order valence-electron chi connectivity index (χ1n) is 15.8. The van der Waals surface area contributed by atoms with Gasteiger partial charge >= 0.3 is 5.95 Å². The highest BCUT2D eigenvalue weighted by molar-refractivity contribution is 7.20. The number of benzene rings is 5. The molecule has 6 aromatic rings. The number of carbonyl (C=O) groups is 1. The van der Waals surface area contributed by atoms with Gasteiger partial charge in [-0.25, -0.2) is 92.8 Å². The summed E-state index contributed by atoms with van der Waals surface area (Å²) in [7, 11) is 0. The zero-order valence-corrected chi connectivity index (χ0v) is 28.6. The van der Waals surface area contributed by atoms with E-state index in [9.17, 15) is 61.9 Å². The standard InChI is InChI=1S/C24BF20.C12H10FN2O/c26-5-1(6(27)14(35)21(42)13(5)34)25(2-7(28)15(36)22(43)16(37)8(2)29,3-9(30)17(38)23(44)18(39)10(3)31)4-11(32)19(40)24(45)20(41)12(4)33;13-12-8-14-6-7-15(12)9-11(16)10-4-2-1-3-5-10/h;1-8H,9H2/q-1;+1. The minimum Gasteiger partial charge on any atom is -0.287 e. The molecule has 0 amide bonds. The van der Waals surface area contributed by atoms with Crippen molar-refractivity contribution in [3.8, 4) is 0 Å². The molecule has 0 spiro atoms. The van der Waals surface area contributed by atoms with Gasteiger partial charge in [-0.2, -0.15) is 4.57 Å². The predicted molar refractivity (Wildman–Crippen MR) is 164 cm³/mol. The molecule has 0 aliphatic heterocycles. The average Bonchev–Trinajstić information content (AvgIpc) is 3.24. The molecule has 320 valence electrons. The number of Topliss-reactive ketones (excluding diaryl/α,β-unsaturated/α-hetero) is 1. The van der Waals surface area contributed by atoms with Crippen molar-refractivity contribution in [2.75, 3.05) is 0 Å². The van der Waals surface area contributed by atoms with Crippen LogP contribution in [0.1, 0.15) is 10.4 Å². The maximum Gasteiger partial charge on any atom is 0.378 e. The van der Waals surface area contributed by atoms with Crippen molar-refractivity contribution in [1.29, 1.82) is 0 Å². The van der Waals surface area contributed by atoms with Crippen molar-refractivity contribution in [3.63, 3.8) is 0 Å². The van der Waals surface area contributed by atoms with Gasteiger partial charge in [-0.3, -0.25) is 4.79 Å². The highest BCUT2D eigenvalue weighted by atomic mass is 19.2. The van der Waals surface area contributed by atoms with Crippen LogP contribution in [-0.2, 0) is 6.54 Å². The summed E-state index contributed by atoms with van der Waals surface area (Å²) in [5, 5.41) is 0. The van der Waals surface area contributed by atoms with Gasteiger partial charge in [0.05, 0.1) is 6.20 Å². The van der Waals surface area contributed by atoms with Crippen LogP contribution >= 0.6 is 0 Å². The summed E-state index contributed by atoms with van der Waals surface area (Å²) in [4.78, 5) is 15.4. The second kappa shape index (κ2) is 16.8. The quantitative estimate of drug-likeness (QED) is 0.0424. The van der Waals surface area contributed by atoms with E-state index in [1.165, 1.54) is 17.0 Å². The lowest BCUT2D eigenvalue weighted by Crippen LogP contribution is -2.81. The lowest BCUT2D eigenvalue weighted by atomic mass is 9.12. The van der Waals surface area contributed by atoms with E-state index in [0.717, 1.165) is 6.20 Å². The molecular formula is C36H10BF21N2O. The number of ketones is 1. The summed E-state index contributed by atoms with van der Waals surface area (Å²) in [5.74, 6) is -72.1. The van der Waals surface area contributed by atoms with Crippen LogP contribution in [0.2, 0.25) is 0 Å². The molecular weight excluding hydrogens is 886 g/mol. The Labute approximate surface area is 323 Å². The Morgan fingerprint density at radius 1 is 0.410 bits per heavy atom. The van der Waals surface area contributed by atoms with Crippen molar-refractivity contribution in [2.24, 2.45) is 0 Å². The zero-order chi connectivity index (χ0) is 45.7. The molecule has 1 aromatic heterocycles. The topological polar surface area (TPSA) is 33.8 Å². The Morgan fingerprint density at radius 3 is 0.934 bits per heavy atom. The third kappa shape index (κ3) is 7.17. The summed E-state index contributed by atoms with van der Waals surface area (Å²) < 4.78 is 308. The molecule has 0 fully saturated rings. The molecule has 0 atom stereocenters. The molecule has 0 aliphatic carbocycles. The van der Waals surface area contributed by atoms with Gasteiger partial charge in [-0.15, -0.1) is 26.2 Å². The minimum absolute atomic E-state index is 0.0155. The van der Waals surface area contributed by atoms with Crippen LogP contribution in [0.15, 0.2) is 48.9 Å². The number of aromatic nitrogens is 2. The van der Waals surface area contributed by atoms with Crippen molar-refractivity contribution < 1.29 is 102 Å². The van der Waals surface area contributed by atoms with Gasteiger partial charge in [0, 0.05) is 5.56 Å². The van der Waals surface area contributed by atoms with Gasteiger partial charge < -0.3 is 0 Å². The Bertz CT molecular complexity index is 2390. The molecule has 0 N–H and O–H groups in total. The number of hydrogen-bond donors (Lipinski definition) is 0. The lowest BCUT2D eigenvalue weighted by Gasteiger charge is -2.44. The van der Waals surface area contributed by atoms with Crippen LogP contribution in [-0.4, -0.2) is 16.9 Å². The van der Waals surface area contributed by atoms with Crippen molar-refractivity contribution in [2.45, 2.75) is 6.54 Å². The molecule has 61 heavy (non-hydrogen) atoms. The molecule has 1 heterocycles. The van der Waals surface area contributed by atoms with Crippen LogP contribution in [0.3, 0.4) is 0 Å². The Balaban J connectivity index is 0.000000366. The van der Waals surface area contributed by atoms with Crippen LogP contribution in [0.4, 0.5) is 92.2 Å². The van der Waals surface area contributed by atoms with E-state index in [0.29, 0.717) is 5.56 Å². The number of carbonyl (C=O) groups excluding carboxylic acids is 1. The number of halogens is 21. The summed E-state index contributed by atoms with van der Waals surface area (Å²) in [6.45, 7) is -0.0155. The van der Waals surface area contributed by atoms with E-state index in [1.807, 2.05) is 6.07 Å². The summed E-state index contributed by atoms with van der Waals surface area (Å²) in [5.41, 5.74) is -13.8. The van der Waals surface area contributed by atoms with E-state index >= 15 is 35.1 Å². The van der Waals surface area contributed by atoms with Gasteiger partial charge in [-0.05, 0) is 0 Å². The Kier molecular flexibility index (Phi) is 12.6. The van der Waals surface area contributed by atoms with Gasteiger partial charge in [0.1, 0.15) is 58.9 Å². The normalized spacial score (nSPS) is 11.5. The molecule has 0 saturated carbocycles. The van der Waals surface area contributed by atoms with E-state index in [4.69, 9.17) is 0 Å². The van der Waals surface area contributed by atoms with Gasteiger partial charge in [0.15, 0.2) is 76.0 Å². The highest BCUT2D eigenvalue weighted by Gasteiger charge is 2.52. The van der Waals surface area contributed by atoms with Crippen LogP contribution in [0.5, 0.6) is 0 Å². The molecule has 6 rings (SSSR count). The number of hydrogen-bond acceptors (Lipinski definition) is 2. The fraction of sp³-hybridized carbons (Fsp3) is 0.0278. The molecule has 25 heteroatoms. The first-order valence-corrected chi connectivity index (χ1v) is 15.8. The molecule has 5 aromatic carbocycles. The molecule has 0 saturated heterocycles. The van der Waals surface area contributed by atoms with E-state index in [-0.39, 0.29) is 12.3 Å². The first-order chi connectivity index (χ1) is 28.5. The van der Waals surface area contributed by atoms with Crippen molar-refractivity contribution in [3.05, 3.63) is 177 Å². The van der Waals surface area contributed by atoms with E-state index in [1.54, 1.807) is 24.3 Å². The monoisotopic (exact) mass is 896 g/mol. The van der Waals surface area contributed by atoms with Gasteiger partial charge in [0.2, 0.25) is 12.3 Å². The minimum atomic E-state index is -7.22. The molecule has 0 aliphatic rings. The third-order valence-corrected chi connectivity index (χ3v) is 8.90. The Hall–Kier alpha value is -6.56. The van der Waals surface area contributed by atoms with Crippen LogP contribution in [0, 0.1) is 122 Å². The van der Waals surface area contributed by atoms with Crippen molar-refractivity contribution in [1.82, 2.24) is 4.98 Å². The van der Waals surface area contributed by atoms with E-state index < -0.39 is 150 Å². The molecule has 0 radical (unpaired) electrons. The zero-order valence-electron chi connectivity index (χ0n) is 28.6. The number of rotatable bonds is 7. The predicted octanol–water partition coefficient (Wildman–Crippen LogP) is 7.24. The molecule has 0 unspecified atom stereocenters. The lowest BCUT2D eigenvalue weighted by molar-refractivity contribution is -0.711. The SMILES string of the molecule is Fc1c(F)c(F)c([B-](c2c(F)c(F)c(F)c(F)c2F)(c2c(F)c(F)c(F)c(F)c2F)c2c(F)c(F)c(F)c(F)c2F)c(F)c1F.O=C(C[n+]1ccncc1F)c1ccccc1. The fourth-order valence-corrected chi connectivity index (χ4v) is 6.24. The summed E-state index contributed by atoms with van der Waals surface area (Å²) in [6, 6.07) is 8.81. The molecule has 3 nitrogen and oxygen atoms in total. The Morgan fingerprint density at radius 2 is 0.672 bits per heavy atom. The maximum atomic E-state index is 15.4. The van der Waals surface area contributed by atoms with Crippen LogP contribution in [0.25, 0.3) is 0 Å². The average molecular weight is 896 g/mol. The number of nitrogens with zero attached hydrogens (tertiary/aromatic N) is 2. The molecule has 0 bridgehead atoms. The fourth-order valence-electron chi connectivity index (χ4n) is 6.24. The first kappa shape index (κ1) is 45.5. The van der Waals surface area contributed by atoms with E-state index in [2.05, 4.69) is 4.98 Å².